The van der Waals surface area contributed by atoms with Crippen molar-refractivity contribution in [3.8, 4) is 0 Å². The first-order chi connectivity index (χ1) is 44.2. The third-order valence-electron chi connectivity index (χ3n) is 18.4. The van der Waals surface area contributed by atoms with Crippen molar-refractivity contribution in [2.24, 2.45) is 0 Å². The molecule has 1 aliphatic heterocycles. The fraction of sp³-hybridized carbons (Fsp3) is 0.873. The zero-order valence-corrected chi connectivity index (χ0v) is 58.9. The first-order valence-corrected chi connectivity index (χ1v) is 38.9. The molecule has 0 aromatic rings. The molecule has 1 fully saturated rings. The number of aliphatic hydroxyl groups excluding tert-OH is 5. The molecule has 528 valence electrons. The van der Waals surface area contributed by atoms with Gasteiger partial charge in [0.15, 0.2) is 6.29 Å². The van der Waals surface area contributed by atoms with Gasteiger partial charge in [-0.2, -0.15) is 0 Å². The summed E-state index contributed by atoms with van der Waals surface area (Å²) in [5.74, 6) is -0.176. The molecular formula is C79H147NO10. The highest BCUT2D eigenvalue weighted by molar-refractivity contribution is 5.76. The van der Waals surface area contributed by atoms with E-state index in [1.165, 1.54) is 295 Å². The van der Waals surface area contributed by atoms with Gasteiger partial charge in [-0.25, -0.2) is 0 Å². The Hall–Kier alpha value is -2.38. The number of ether oxygens (including phenoxy) is 3. The molecular weight excluding hydrogens is 1120 g/mol. The Morgan fingerprint density at radius 3 is 1.18 bits per heavy atom. The average molecular weight is 1270 g/mol. The summed E-state index contributed by atoms with van der Waals surface area (Å²) < 4.78 is 16.7. The van der Waals surface area contributed by atoms with Crippen LogP contribution in [-0.2, 0) is 23.8 Å². The van der Waals surface area contributed by atoms with E-state index < -0.39 is 49.5 Å². The lowest BCUT2D eigenvalue weighted by Gasteiger charge is -2.40. The molecule has 90 heavy (non-hydrogen) atoms. The van der Waals surface area contributed by atoms with E-state index in [1.54, 1.807) is 6.08 Å². The molecule has 7 atom stereocenters. The van der Waals surface area contributed by atoms with Crippen molar-refractivity contribution in [3.05, 3.63) is 48.6 Å². The Bertz CT molecular complexity index is 1630. The predicted octanol–water partition coefficient (Wildman–Crippen LogP) is 20.7. The van der Waals surface area contributed by atoms with Crippen LogP contribution in [0.1, 0.15) is 380 Å². The van der Waals surface area contributed by atoms with E-state index in [-0.39, 0.29) is 18.5 Å². The molecule has 1 saturated heterocycles. The smallest absolute Gasteiger partial charge is 0.305 e. The molecule has 1 heterocycles. The summed E-state index contributed by atoms with van der Waals surface area (Å²) in [6.45, 7) is 4.34. The minimum atomic E-state index is -1.58. The number of carbonyl (C=O) groups is 2. The first-order valence-electron chi connectivity index (χ1n) is 38.9. The van der Waals surface area contributed by atoms with Gasteiger partial charge in [0.1, 0.15) is 24.4 Å². The van der Waals surface area contributed by atoms with Crippen LogP contribution in [0.2, 0.25) is 0 Å². The van der Waals surface area contributed by atoms with Crippen LogP contribution < -0.4 is 5.32 Å². The van der Waals surface area contributed by atoms with E-state index in [0.29, 0.717) is 19.4 Å². The maximum atomic E-state index is 13.0. The molecule has 1 rings (SSSR count). The van der Waals surface area contributed by atoms with Crippen molar-refractivity contribution in [1.82, 2.24) is 5.32 Å². The maximum Gasteiger partial charge on any atom is 0.305 e. The second-order valence-corrected chi connectivity index (χ2v) is 27.1. The molecule has 7 unspecified atom stereocenters. The fourth-order valence-corrected chi connectivity index (χ4v) is 12.3. The number of nitrogens with one attached hydrogen (secondary N) is 1. The van der Waals surface area contributed by atoms with Crippen LogP contribution in [0, 0.1) is 0 Å². The molecule has 0 bridgehead atoms. The van der Waals surface area contributed by atoms with Crippen molar-refractivity contribution >= 4 is 11.9 Å². The second-order valence-electron chi connectivity index (χ2n) is 27.1. The van der Waals surface area contributed by atoms with Crippen molar-refractivity contribution < 1.29 is 49.3 Å². The lowest BCUT2D eigenvalue weighted by molar-refractivity contribution is -0.302. The minimum Gasteiger partial charge on any atom is -0.466 e. The van der Waals surface area contributed by atoms with Crippen LogP contribution in [0.4, 0.5) is 0 Å². The Morgan fingerprint density at radius 2 is 0.756 bits per heavy atom. The van der Waals surface area contributed by atoms with Gasteiger partial charge in [0.25, 0.3) is 0 Å². The van der Waals surface area contributed by atoms with E-state index in [9.17, 15) is 35.1 Å². The van der Waals surface area contributed by atoms with E-state index in [4.69, 9.17) is 14.2 Å². The Morgan fingerprint density at radius 1 is 0.411 bits per heavy atom. The van der Waals surface area contributed by atoms with Gasteiger partial charge < -0.3 is 45.1 Å². The fourth-order valence-electron chi connectivity index (χ4n) is 12.3. The van der Waals surface area contributed by atoms with Gasteiger partial charge in [0.05, 0.1) is 32.0 Å². The number of rotatable bonds is 69. The van der Waals surface area contributed by atoms with E-state index >= 15 is 0 Å². The number of amides is 1. The summed E-state index contributed by atoms with van der Waals surface area (Å²) >= 11 is 0. The van der Waals surface area contributed by atoms with Crippen LogP contribution >= 0.6 is 0 Å². The molecule has 6 N–H and O–H groups in total. The molecule has 0 aromatic heterocycles. The maximum absolute atomic E-state index is 13.0. The monoisotopic (exact) mass is 1270 g/mol. The van der Waals surface area contributed by atoms with Gasteiger partial charge in [0.2, 0.25) is 5.91 Å². The highest BCUT2D eigenvalue weighted by Gasteiger charge is 2.44. The molecule has 0 aromatic carbocycles. The lowest BCUT2D eigenvalue weighted by Crippen LogP contribution is -2.60. The topological polar surface area (TPSA) is 175 Å². The first kappa shape index (κ1) is 85.6. The molecule has 0 aliphatic carbocycles. The highest BCUT2D eigenvalue weighted by atomic mass is 16.7. The van der Waals surface area contributed by atoms with Gasteiger partial charge in [-0.1, -0.05) is 339 Å². The summed E-state index contributed by atoms with van der Waals surface area (Å²) in [7, 11) is 0. The zero-order valence-electron chi connectivity index (χ0n) is 58.9. The lowest BCUT2D eigenvalue weighted by atomic mass is 9.99. The average Bonchev–Trinajstić information content (AvgIpc) is 1.78. The minimum absolute atomic E-state index is 0.0143. The molecule has 0 spiro atoms. The van der Waals surface area contributed by atoms with E-state index in [0.717, 1.165) is 57.8 Å². The molecule has 11 heteroatoms. The standard InChI is InChI=1S/C79H147NO10/c1-3-5-7-9-11-13-15-16-17-37-41-44-47-51-55-59-63-67-75(84)88-68-64-60-56-52-48-45-42-39-36-34-32-30-28-26-24-22-20-18-19-21-23-25-27-29-31-33-35-38-40-43-46-50-54-58-62-66-74(83)80-71(70-89-79-78(87)77(86)76(85)73(69-81)90-79)72(82)65-61-57-53-49-14-12-10-8-6-4-2/h14,20,22,26,28,49,61,65,71-73,76-79,81-82,85-87H,3-13,15-19,21,23-25,27,29-48,50-60,62-64,66-70H2,1-2H3,(H,80,83)/b22-20-,28-26-,49-14+,65-61+. The van der Waals surface area contributed by atoms with E-state index in [2.05, 4.69) is 55.6 Å². The number of hydrogen-bond acceptors (Lipinski definition) is 10. The van der Waals surface area contributed by atoms with Crippen LogP contribution in [-0.4, -0.2) is 100 Å². The number of carbonyl (C=O) groups excluding carboxylic acids is 2. The Kier molecular flexibility index (Phi) is 64.7. The number of allylic oxidation sites excluding steroid dienone is 7. The molecule has 1 aliphatic rings. The van der Waals surface area contributed by atoms with Crippen molar-refractivity contribution in [2.75, 3.05) is 19.8 Å². The number of aliphatic hydroxyl groups is 5. The van der Waals surface area contributed by atoms with Crippen molar-refractivity contribution in [3.63, 3.8) is 0 Å². The highest BCUT2D eigenvalue weighted by Crippen LogP contribution is 2.24. The second kappa shape index (κ2) is 68.0. The van der Waals surface area contributed by atoms with E-state index in [1.807, 2.05) is 6.08 Å². The van der Waals surface area contributed by atoms with Gasteiger partial charge in [-0.15, -0.1) is 0 Å². The summed E-state index contributed by atoms with van der Waals surface area (Å²) in [6, 6.07) is -0.825. The molecule has 0 radical (unpaired) electrons. The summed E-state index contributed by atoms with van der Waals surface area (Å²) in [5, 5.41) is 54.3. The predicted molar refractivity (Wildman–Crippen MR) is 380 cm³/mol. The molecule has 11 nitrogen and oxygen atoms in total. The third-order valence-corrected chi connectivity index (χ3v) is 18.4. The Labute approximate surface area is 555 Å². The molecule has 0 saturated carbocycles. The van der Waals surface area contributed by atoms with Crippen LogP contribution in [0.15, 0.2) is 48.6 Å². The van der Waals surface area contributed by atoms with Gasteiger partial charge in [-0.3, -0.25) is 9.59 Å². The summed E-state index contributed by atoms with van der Waals surface area (Å²) in [4.78, 5) is 25.1. The van der Waals surface area contributed by atoms with Gasteiger partial charge in [-0.05, 0) is 77.0 Å². The summed E-state index contributed by atoms with van der Waals surface area (Å²) in [5.41, 5.74) is 0. The van der Waals surface area contributed by atoms with Gasteiger partial charge in [0, 0.05) is 12.8 Å². The summed E-state index contributed by atoms with van der Waals surface area (Å²) in [6.07, 6.45) is 80.1. The van der Waals surface area contributed by atoms with Gasteiger partial charge >= 0.3 is 5.97 Å². The Balaban J connectivity index is 1.89. The third kappa shape index (κ3) is 56.0. The molecule has 1 amide bonds. The van der Waals surface area contributed by atoms with Crippen molar-refractivity contribution in [1.29, 1.82) is 0 Å². The number of unbranched alkanes of at least 4 members (excludes halogenated alkanes) is 49. The number of esters is 1. The normalized spacial score (nSPS) is 17.9. The largest absolute Gasteiger partial charge is 0.466 e. The van der Waals surface area contributed by atoms with Crippen LogP contribution in [0.5, 0.6) is 0 Å². The zero-order chi connectivity index (χ0) is 65.1. The van der Waals surface area contributed by atoms with Crippen molar-refractivity contribution in [2.45, 2.75) is 423 Å². The quantitative estimate of drug-likeness (QED) is 0.0195. The van der Waals surface area contributed by atoms with Crippen LogP contribution in [0.3, 0.4) is 0 Å². The number of hydrogen-bond donors (Lipinski definition) is 6. The SMILES string of the molecule is CCCCCC/C=C/CC/C=C/C(O)C(COC1OC(CO)C(O)C(O)C1O)NC(=O)CCCCCCCCCCCCCCCCCCC/C=C\C/C=C\CCCCCCCCCCCCCOC(=O)CCCCCCCCCCCCCCCCCCC. The van der Waals surface area contributed by atoms with Crippen LogP contribution in [0.25, 0.3) is 0 Å².